The molecule has 5 rings (SSSR count). The maximum absolute atomic E-state index is 13.1. The highest BCUT2D eigenvalue weighted by atomic mass is 16.2. The molecule has 2 unspecified atom stereocenters. The van der Waals surface area contributed by atoms with Crippen molar-refractivity contribution in [2.24, 2.45) is 5.92 Å². The Labute approximate surface area is 216 Å². The Bertz CT molecular complexity index is 1400. The molecule has 0 radical (unpaired) electrons. The summed E-state index contributed by atoms with van der Waals surface area (Å²) in [7, 11) is 5.27. The summed E-state index contributed by atoms with van der Waals surface area (Å²) in [5, 5.41) is 3.27. The third kappa shape index (κ3) is 5.35. The van der Waals surface area contributed by atoms with Gasteiger partial charge in [-0.15, -0.1) is 0 Å². The van der Waals surface area contributed by atoms with Crippen molar-refractivity contribution in [1.82, 2.24) is 14.9 Å². The van der Waals surface area contributed by atoms with Gasteiger partial charge in [-0.3, -0.25) is 14.6 Å². The van der Waals surface area contributed by atoms with Crippen molar-refractivity contribution in [3.8, 4) is 11.1 Å². The van der Waals surface area contributed by atoms with Crippen molar-refractivity contribution in [3.63, 3.8) is 0 Å². The van der Waals surface area contributed by atoms with Crippen LogP contribution in [0.2, 0.25) is 0 Å². The predicted molar refractivity (Wildman–Crippen MR) is 146 cm³/mol. The zero-order chi connectivity index (χ0) is 25.9. The molecule has 0 saturated heterocycles. The second-order valence-electron chi connectivity index (χ2n) is 9.52. The van der Waals surface area contributed by atoms with Crippen molar-refractivity contribution in [1.29, 1.82) is 0 Å². The van der Waals surface area contributed by atoms with Gasteiger partial charge in [-0.1, -0.05) is 42.5 Å². The molecule has 2 aromatic heterocycles. The van der Waals surface area contributed by atoms with Crippen LogP contribution in [0.5, 0.6) is 0 Å². The van der Waals surface area contributed by atoms with Crippen LogP contribution in [-0.2, 0) is 4.79 Å². The minimum atomic E-state index is -0.0273. The third-order valence-corrected chi connectivity index (χ3v) is 6.68. The van der Waals surface area contributed by atoms with Crippen LogP contribution in [-0.4, -0.2) is 47.8 Å². The van der Waals surface area contributed by atoms with Gasteiger partial charge in [0.25, 0.3) is 5.91 Å². The van der Waals surface area contributed by atoms with Crippen molar-refractivity contribution in [2.75, 3.05) is 31.4 Å². The van der Waals surface area contributed by atoms with Crippen molar-refractivity contribution in [2.45, 2.75) is 12.3 Å². The monoisotopic (exact) mass is 491 g/mol. The highest BCUT2D eigenvalue weighted by molar-refractivity contribution is 5.97. The Morgan fingerprint density at radius 2 is 1.59 bits per heavy atom. The second kappa shape index (κ2) is 10.2. The van der Waals surface area contributed by atoms with Gasteiger partial charge in [-0.25, -0.2) is 4.98 Å². The fraction of sp³-hybridized carbons (Fsp3) is 0.200. The molecule has 0 bridgehead atoms. The molecule has 7 nitrogen and oxygen atoms in total. The van der Waals surface area contributed by atoms with E-state index in [1.165, 1.54) is 5.56 Å². The fourth-order valence-electron chi connectivity index (χ4n) is 4.44. The van der Waals surface area contributed by atoms with E-state index in [4.69, 9.17) is 0 Å². The van der Waals surface area contributed by atoms with E-state index >= 15 is 0 Å². The summed E-state index contributed by atoms with van der Waals surface area (Å²) in [5.74, 6) is 1.04. The van der Waals surface area contributed by atoms with Crippen LogP contribution in [0, 0.1) is 5.92 Å². The Balaban J connectivity index is 1.23. The summed E-state index contributed by atoms with van der Waals surface area (Å²) in [4.78, 5) is 37.3. The number of nitrogens with one attached hydrogen (secondary N) is 1. The summed E-state index contributed by atoms with van der Waals surface area (Å²) >= 11 is 0. The lowest BCUT2D eigenvalue weighted by molar-refractivity contribution is -0.119. The fourth-order valence-corrected chi connectivity index (χ4v) is 4.44. The lowest BCUT2D eigenvalue weighted by Crippen LogP contribution is -2.28. The van der Waals surface area contributed by atoms with E-state index in [1.54, 1.807) is 49.5 Å². The minimum absolute atomic E-state index is 0.00768. The molecule has 7 heteroatoms. The molecule has 1 saturated carbocycles. The molecule has 2 heterocycles. The molecule has 0 spiro atoms. The number of benzene rings is 2. The zero-order valence-electron chi connectivity index (χ0n) is 21.1. The normalized spacial score (nSPS) is 16.1. The van der Waals surface area contributed by atoms with E-state index in [2.05, 4.69) is 27.4 Å². The number of anilines is 3. The summed E-state index contributed by atoms with van der Waals surface area (Å²) in [6.45, 7) is 0. The van der Waals surface area contributed by atoms with Crippen molar-refractivity contribution < 1.29 is 9.59 Å². The molecule has 2 amide bonds. The van der Waals surface area contributed by atoms with E-state index in [9.17, 15) is 9.59 Å². The summed E-state index contributed by atoms with van der Waals surface area (Å²) < 4.78 is 0. The summed E-state index contributed by atoms with van der Waals surface area (Å²) in [6, 6.07) is 23.5. The van der Waals surface area contributed by atoms with Crippen LogP contribution < -0.4 is 10.2 Å². The standard InChI is InChI=1S/C30H29N5O2/c1-34(2)29(36)22-11-9-20(10-12-22)23-13-14-28(32-17-23)33-24-15-25(19-31-18-24)35(3)30(37)27-16-26(27)21-7-5-4-6-8-21/h4-15,17-19,26-27H,16H2,1-3H3,(H,32,33). The zero-order valence-corrected chi connectivity index (χ0v) is 21.1. The molecular formula is C30H29N5O2. The van der Waals surface area contributed by atoms with Gasteiger partial charge >= 0.3 is 0 Å². The van der Waals surface area contributed by atoms with Gasteiger partial charge in [-0.2, -0.15) is 0 Å². The lowest BCUT2D eigenvalue weighted by atomic mass is 10.1. The topological polar surface area (TPSA) is 78.4 Å². The van der Waals surface area contributed by atoms with Crippen LogP contribution >= 0.6 is 0 Å². The number of carbonyl (C=O) groups excluding carboxylic acids is 2. The number of hydrogen-bond donors (Lipinski definition) is 1. The summed E-state index contributed by atoms with van der Waals surface area (Å²) in [6.07, 6.45) is 6.07. The number of amides is 2. The van der Waals surface area contributed by atoms with E-state index in [1.807, 2.05) is 60.7 Å². The Hall–Kier alpha value is -4.52. The SMILES string of the molecule is CN(C)C(=O)c1ccc(-c2ccc(Nc3cncc(N(C)C(=O)C4CC4c4ccccc4)c3)nc2)cc1. The first-order chi connectivity index (χ1) is 17.9. The number of hydrogen-bond acceptors (Lipinski definition) is 5. The first kappa shape index (κ1) is 24.2. The molecular weight excluding hydrogens is 462 g/mol. The first-order valence-corrected chi connectivity index (χ1v) is 12.2. The smallest absolute Gasteiger partial charge is 0.253 e. The van der Waals surface area contributed by atoms with Gasteiger partial charge in [-0.05, 0) is 53.8 Å². The van der Waals surface area contributed by atoms with Crippen molar-refractivity contribution >= 4 is 29.0 Å². The van der Waals surface area contributed by atoms with E-state index in [-0.39, 0.29) is 23.7 Å². The van der Waals surface area contributed by atoms with Gasteiger partial charge in [0.2, 0.25) is 5.91 Å². The Kier molecular flexibility index (Phi) is 6.68. The Morgan fingerprint density at radius 1 is 0.865 bits per heavy atom. The molecule has 37 heavy (non-hydrogen) atoms. The maximum atomic E-state index is 13.1. The number of nitrogens with zero attached hydrogens (tertiary/aromatic N) is 4. The van der Waals surface area contributed by atoms with Gasteiger partial charge in [0.1, 0.15) is 5.82 Å². The number of aromatic nitrogens is 2. The van der Waals surface area contributed by atoms with E-state index < -0.39 is 0 Å². The van der Waals surface area contributed by atoms with Crippen LogP contribution in [0.1, 0.15) is 28.3 Å². The first-order valence-electron chi connectivity index (χ1n) is 12.2. The molecule has 1 aliphatic rings. The van der Waals surface area contributed by atoms with Crippen molar-refractivity contribution in [3.05, 3.63) is 103 Å². The molecule has 186 valence electrons. The number of carbonyl (C=O) groups is 2. The summed E-state index contributed by atoms with van der Waals surface area (Å²) in [5.41, 5.74) is 5.27. The third-order valence-electron chi connectivity index (χ3n) is 6.68. The van der Waals surface area contributed by atoms with Crippen LogP contribution in [0.15, 0.2) is 91.4 Å². The molecule has 0 aliphatic heterocycles. The quantitative estimate of drug-likeness (QED) is 0.377. The van der Waals surface area contributed by atoms with E-state index in [0.29, 0.717) is 11.4 Å². The maximum Gasteiger partial charge on any atom is 0.253 e. The average molecular weight is 492 g/mol. The number of rotatable bonds is 7. The van der Waals surface area contributed by atoms with Gasteiger partial charge < -0.3 is 15.1 Å². The molecule has 2 aromatic carbocycles. The minimum Gasteiger partial charge on any atom is -0.345 e. The van der Waals surface area contributed by atoms with E-state index in [0.717, 1.165) is 28.9 Å². The number of pyridine rings is 2. The predicted octanol–water partition coefficient (Wildman–Crippen LogP) is 5.36. The largest absolute Gasteiger partial charge is 0.345 e. The lowest BCUT2D eigenvalue weighted by Gasteiger charge is -2.18. The Morgan fingerprint density at radius 3 is 2.27 bits per heavy atom. The van der Waals surface area contributed by atoms with Crippen LogP contribution in [0.4, 0.5) is 17.2 Å². The average Bonchev–Trinajstić information content (AvgIpc) is 3.74. The highest BCUT2D eigenvalue weighted by Crippen LogP contribution is 2.48. The molecule has 4 aromatic rings. The van der Waals surface area contributed by atoms with Gasteiger partial charge in [0.05, 0.1) is 23.8 Å². The molecule has 1 fully saturated rings. The molecule has 1 N–H and O–H groups in total. The van der Waals surface area contributed by atoms with Crippen LogP contribution in [0.25, 0.3) is 11.1 Å². The highest BCUT2D eigenvalue weighted by Gasteiger charge is 2.45. The van der Waals surface area contributed by atoms with Crippen LogP contribution in [0.3, 0.4) is 0 Å². The second-order valence-corrected chi connectivity index (χ2v) is 9.52. The van der Waals surface area contributed by atoms with Gasteiger partial charge in [0, 0.05) is 44.4 Å². The van der Waals surface area contributed by atoms with Gasteiger partial charge in [0.15, 0.2) is 0 Å². The molecule has 1 aliphatic carbocycles. The molecule has 2 atom stereocenters.